The van der Waals surface area contributed by atoms with E-state index >= 15 is 0 Å². The lowest BCUT2D eigenvalue weighted by Crippen LogP contribution is -2.23. The highest BCUT2D eigenvalue weighted by molar-refractivity contribution is 7.91. The van der Waals surface area contributed by atoms with Crippen molar-refractivity contribution in [2.24, 2.45) is 0 Å². The second-order valence-electron chi connectivity index (χ2n) is 5.69. The molecule has 0 aromatic heterocycles. The van der Waals surface area contributed by atoms with Gasteiger partial charge in [0.2, 0.25) is 0 Å². The van der Waals surface area contributed by atoms with Gasteiger partial charge < -0.3 is 5.32 Å². The van der Waals surface area contributed by atoms with E-state index in [0.717, 1.165) is 32.4 Å². The standard InChI is InChI=1S/C17H29NO2S/c1-4-11-18-14-17(10-7-12-21(19,20)5-2)16-9-6-8-15(3)13-16/h6,8-9,13,17-18H,4-5,7,10-12,14H2,1-3H3. The van der Waals surface area contributed by atoms with E-state index in [1.807, 2.05) is 0 Å². The number of hydrogen-bond acceptors (Lipinski definition) is 3. The zero-order chi connectivity index (χ0) is 15.7. The second-order valence-corrected chi connectivity index (χ2v) is 8.17. The summed E-state index contributed by atoms with van der Waals surface area (Å²) < 4.78 is 23.2. The maximum Gasteiger partial charge on any atom is 0.150 e. The fraction of sp³-hybridized carbons (Fsp3) is 0.647. The Balaban J connectivity index is 2.64. The Morgan fingerprint density at radius 2 is 2.00 bits per heavy atom. The van der Waals surface area contributed by atoms with E-state index in [1.54, 1.807) is 6.92 Å². The van der Waals surface area contributed by atoms with Crippen LogP contribution >= 0.6 is 0 Å². The Hall–Kier alpha value is -0.870. The summed E-state index contributed by atoms with van der Waals surface area (Å²) in [5, 5.41) is 3.47. The van der Waals surface area contributed by atoms with Gasteiger partial charge in [-0.1, -0.05) is 43.7 Å². The molecule has 1 aromatic carbocycles. The van der Waals surface area contributed by atoms with Gasteiger partial charge in [-0.15, -0.1) is 0 Å². The highest BCUT2D eigenvalue weighted by atomic mass is 32.2. The minimum atomic E-state index is -2.85. The van der Waals surface area contributed by atoms with E-state index in [4.69, 9.17) is 0 Å². The first-order chi connectivity index (χ1) is 9.98. The van der Waals surface area contributed by atoms with Crippen molar-refractivity contribution in [2.75, 3.05) is 24.6 Å². The topological polar surface area (TPSA) is 46.2 Å². The van der Waals surface area contributed by atoms with Gasteiger partial charge in [-0.3, -0.25) is 0 Å². The van der Waals surface area contributed by atoms with Crippen LogP contribution in [-0.4, -0.2) is 33.0 Å². The quantitative estimate of drug-likeness (QED) is 0.674. The van der Waals surface area contributed by atoms with E-state index in [-0.39, 0.29) is 5.75 Å². The lowest BCUT2D eigenvalue weighted by molar-refractivity contribution is 0.538. The smallest absolute Gasteiger partial charge is 0.150 e. The first-order valence-electron chi connectivity index (χ1n) is 7.96. The molecule has 0 spiro atoms. The third kappa shape index (κ3) is 7.09. The molecule has 1 unspecified atom stereocenters. The van der Waals surface area contributed by atoms with Gasteiger partial charge in [0.15, 0.2) is 0 Å². The first-order valence-corrected chi connectivity index (χ1v) is 9.78. The minimum Gasteiger partial charge on any atom is -0.316 e. The maximum atomic E-state index is 11.6. The van der Waals surface area contributed by atoms with Crippen molar-refractivity contribution in [3.8, 4) is 0 Å². The van der Waals surface area contributed by atoms with Crippen molar-refractivity contribution in [3.63, 3.8) is 0 Å². The number of rotatable bonds is 10. The average molecular weight is 311 g/mol. The number of sulfone groups is 1. The molecule has 120 valence electrons. The maximum absolute atomic E-state index is 11.6. The van der Waals surface area contributed by atoms with Crippen LogP contribution in [0.5, 0.6) is 0 Å². The van der Waals surface area contributed by atoms with Crippen molar-refractivity contribution in [1.29, 1.82) is 0 Å². The third-order valence-electron chi connectivity index (χ3n) is 3.78. The lowest BCUT2D eigenvalue weighted by Gasteiger charge is -2.18. The number of benzene rings is 1. The fourth-order valence-corrected chi connectivity index (χ4v) is 3.35. The van der Waals surface area contributed by atoms with Gasteiger partial charge >= 0.3 is 0 Å². The van der Waals surface area contributed by atoms with Crippen LogP contribution in [0.3, 0.4) is 0 Å². The summed E-state index contributed by atoms with van der Waals surface area (Å²) in [6, 6.07) is 8.55. The molecule has 1 rings (SSSR count). The van der Waals surface area contributed by atoms with Crippen molar-refractivity contribution in [1.82, 2.24) is 5.32 Å². The first kappa shape index (κ1) is 18.2. The normalized spacial score (nSPS) is 13.3. The van der Waals surface area contributed by atoms with Gasteiger partial charge in [-0.2, -0.15) is 0 Å². The molecule has 0 aliphatic rings. The van der Waals surface area contributed by atoms with Crippen LogP contribution in [0.15, 0.2) is 24.3 Å². The summed E-state index contributed by atoms with van der Waals surface area (Å²) >= 11 is 0. The van der Waals surface area contributed by atoms with Crippen LogP contribution in [0.4, 0.5) is 0 Å². The lowest BCUT2D eigenvalue weighted by atomic mass is 9.93. The summed E-state index contributed by atoms with van der Waals surface area (Å²) in [5.41, 5.74) is 2.57. The van der Waals surface area contributed by atoms with E-state index in [1.165, 1.54) is 11.1 Å². The van der Waals surface area contributed by atoms with Crippen molar-refractivity contribution in [3.05, 3.63) is 35.4 Å². The number of nitrogens with one attached hydrogen (secondary N) is 1. The molecule has 1 N–H and O–H groups in total. The zero-order valence-electron chi connectivity index (χ0n) is 13.6. The summed E-state index contributed by atoms with van der Waals surface area (Å²) in [7, 11) is -2.85. The monoisotopic (exact) mass is 311 g/mol. The molecular formula is C17H29NO2S. The van der Waals surface area contributed by atoms with Gasteiger partial charge in [-0.05, 0) is 44.2 Å². The SMILES string of the molecule is CCCNCC(CCCS(=O)(=O)CC)c1cccc(C)c1. The van der Waals surface area contributed by atoms with Crippen molar-refractivity contribution in [2.45, 2.75) is 46.0 Å². The molecule has 21 heavy (non-hydrogen) atoms. The van der Waals surface area contributed by atoms with Gasteiger partial charge in [-0.25, -0.2) is 8.42 Å². The second kappa shape index (κ2) is 9.21. The Labute approximate surface area is 130 Å². The molecule has 0 aliphatic carbocycles. The fourth-order valence-electron chi connectivity index (χ4n) is 2.46. The molecule has 1 aromatic rings. The van der Waals surface area contributed by atoms with E-state index < -0.39 is 9.84 Å². The third-order valence-corrected chi connectivity index (χ3v) is 5.57. The summed E-state index contributed by atoms with van der Waals surface area (Å²) in [6.07, 6.45) is 2.77. The molecule has 4 heteroatoms. The minimum absolute atomic E-state index is 0.246. The highest BCUT2D eigenvalue weighted by Crippen LogP contribution is 2.22. The van der Waals surface area contributed by atoms with Crippen LogP contribution in [0.2, 0.25) is 0 Å². The van der Waals surface area contributed by atoms with Crippen molar-refractivity contribution >= 4 is 9.84 Å². The average Bonchev–Trinajstić information content (AvgIpc) is 2.46. The Kier molecular flexibility index (Phi) is 7.97. The zero-order valence-corrected chi connectivity index (χ0v) is 14.4. The van der Waals surface area contributed by atoms with E-state index in [0.29, 0.717) is 11.7 Å². The van der Waals surface area contributed by atoms with Gasteiger partial charge in [0.1, 0.15) is 9.84 Å². The van der Waals surface area contributed by atoms with Gasteiger partial charge in [0, 0.05) is 12.3 Å². The van der Waals surface area contributed by atoms with Crippen LogP contribution in [0.1, 0.15) is 50.2 Å². The Morgan fingerprint density at radius 3 is 2.62 bits per heavy atom. The molecule has 0 bridgehead atoms. The highest BCUT2D eigenvalue weighted by Gasteiger charge is 2.14. The van der Waals surface area contributed by atoms with Crippen LogP contribution in [0.25, 0.3) is 0 Å². The summed E-state index contributed by atoms with van der Waals surface area (Å²) in [6.45, 7) is 7.90. The van der Waals surface area contributed by atoms with Crippen LogP contribution in [-0.2, 0) is 9.84 Å². The molecule has 0 saturated carbocycles. The predicted octanol–water partition coefficient (Wildman–Crippen LogP) is 3.29. The number of hydrogen-bond donors (Lipinski definition) is 1. The molecule has 0 heterocycles. The molecule has 0 saturated heterocycles. The molecule has 1 atom stereocenters. The molecule has 0 fully saturated rings. The molecule has 0 amide bonds. The Morgan fingerprint density at radius 1 is 1.24 bits per heavy atom. The molecule has 0 aliphatic heterocycles. The van der Waals surface area contributed by atoms with Crippen molar-refractivity contribution < 1.29 is 8.42 Å². The van der Waals surface area contributed by atoms with Gasteiger partial charge in [0.25, 0.3) is 0 Å². The van der Waals surface area contributed by atoms with E-state index in [2.05, 4.69) is 43.4 Å². The largest absolute Gasteiger partial charge is 0.316 e. The van der Waals surface area contributed by atoms with Crippen LogP contribution in [0, 0.1) is 6.92 Å². The molecular weight excluding hydrogens is 282 g/mol. The molecule has 3 nitrogen and oxygen atoms in total. The predicted molar refractivity (Wildman–Crippen MR) is 90.6 cm³/mol. The van der Waals surface area contributed by atoms with Gasteiger partial charge in [0.05, 0.1) is 5.75 Å². The van der Waals surface area contributed by atoms with Crippen LogP contribution < -0.4 is 5.32 Å². The van der Waals surface area contributed by atoms with E-state index in [9.17, 15) is 8.42 Å². The molecule has 0 radical (unpaired) electrons. The Bertz CT molecular complexity index is 511. The summed E-state index contributed by atoms with van der Waals surface area (Å²) in [4.78, 5) is 0. The number of aryl methyl sites for hydroxylation is 1. The summed E-state index contributed by atoms with van der Waals surface area (Å²) in [5.74, 6) is 0.944.